The lowest BCUT2D eigenvalue weighted by Gasteiger charge is -2.27. The van der Waals surface area contributed by atoms with Crippen LogP contribution in [0, 0.1) is 11.3 Å². The molecule has 0 bridgehead atoms. The van der Waals surface area contributed by atoms with Crippen LogP contribution in [0.5, 0.6) is 0 Å². The fourth-order valence-corrected chi connectivity index (χ4v) is 9.89. The average molecular weight is 932 g/mol. The van der Waals surface area contributed by atoms with Gasteiger partial charge in [-0.15, -0.1) is 0 Å². The molecule has 0 saturated carbocycles. The minimum atomic E-state index is -1.13. The van der Waals surface area contributed by atoms with Crippen molar-refractivity contribution in [2.45, 2.75) is 322 Å². The minimum absolute atomic E-state index is 0.000773. The van der Waals surface area contributed by atoms with Crippen molar-refractivity contribution in [2.24, 2.45) is 11.3 Å². The van der Waals surface area contributed by atoms with Crippen molar-refractivity contribution in [2.75, 3.05) is 26.4 Å². The molecule has 66 heavy (non-hydrogen) atoms. The second-order valence-corrected chi connectivity index (χ2v) is 21.4. The number of aliphatic hydroxyl groups is 2. The summed E-state index contributed by atoms with van der Waals surface area (Å²) in [5, 5.41) is 19.2. The lowest BCUT2D eigenvalue weighted by Crippen LogP contribution is -2.40. The van der Waals surface area contributed by atoms with Crippen LogP contribution in [0.3, 0.4) is 0 Å². The van der Waals surface area contributed by atoms with Crippen molar-refractivity contribution < 1.29 is 29.3 Å². The van der Waals surface area contributed by atoms with Crippen LogP contribution in [0.4, 0.5) is 0 Å². The van der Waals surface area contributed by atoms with Crippen LogP contribution in [0.15, 0.2) is 12.2 Å². The Hall–Kier alpha value is -1.40. The lowest BCUT2D eigenvalue weighted by molar-refractivity contribution is -0.155. The summed E-state index contributed by atoms with van der Waals surface area (Å²) in [5.74, 6) is -1.41. The molecule has 1 fully saturated rings. The molecule has 390 valence electrons. The number of aliphatic hydroxyl groups excluding tert-OH is 2. The van der Waals surface area contributed by atoms with Gasteiger partial charge in [0.1, 0.15) is 13.2 Å². The third kappa shape index (κ3) is 41.6. The van der Waals surface area contributed by atoms with Gasteiger partial charge in [-0.2, -0.15) is 0 Å². The highest BCUT2D eigenvalue weighted by molar-refractivity contribution is 5.80. The van der Waals surface area contributed by atoms with Gasteiger partial charge in [0, 0.05) is 0 Å². The first-order valence-corrected chi connectivity index (χ1v) is 29.8. The fourth-order valence-electron chi connectivity index (χ4n) is 9.89. The van der Waals surface area contributed by atoms with E-state index in [2.05, 4.69) is 19.1 Å². The zero-order valence-electron chi connectivity index (χ0n) is 44.2. The van der Waals surface area contributed by atoms with E-state index in [0.717, 1.165) is 19.3 Å². The first kappa shape index (κ1) is 62.6. The summed E-state index contributed by atoms with van der Waals surface area (Å²) >= 11 is 0. The molecular weight excluding hydrogens is 817 g/mol. The maximum absolute atomic E-state index is 12.5. The Bertz CT molecular complexity index is 1040. The fraction of sp³-hybridized carbons (Fsp3) is 0.933. The van der Waals surface area contributed by atoms with E-state index in [0.29, 0.717) is 6.42 Å². The second kappa shape index (κ2) is 50.0. The van der Waals surface area contributed by atoms with E-state index < -0.39 is 36.5 Å². The molecule has 1 aliphatic rings. The average Bonchev–Trinajstić information content (AvgIpc) is 3.38. The summed E-state index contributed by atoms with van der Waals surface area (Å²) in [6, 6.07) is 0. The number of hydrogen-bond donors (Lipinski definition) is 2. The number of ether oxygens (including phenoxy) is 2. The molecule has 1 saturated heterocycles. The molecule has 0 spiro atoms. The molecule has 0 aliphatic carbocycles. The zero-order valence-corrected chi connectivity index (χ0v) is 44.2. The predicted molar refractivity (Wildman–Crippen MR) is 283 cm³/mol. The zero-order chi connectivity index (χ0) is 47.5. The Morgan fingerprint density at radius 2 is 0.652 bits per heavy atom. The van der Waals surface area contributed by atoms with Gasteiger partial charge in [-0.05, 0) is 32.1 Å². The molecule has 1 heterocycles. The molecule has 1 atom stereocenters. The number of cyclic esters (lactones) is 2. The summed E-state index contributed by atoms with van der Waals surface area (Å²) in [6.45, 7) is 1.20. The summed E-state index contributed by atoms with van der Waals surface area (Å²) in [4.78, 5) is 24.7. The molecular formula is C60H114O6. The van der Waals surface area contributed by atoms with E-state index in [9.17, 15) is 19.8 Å². The summed E-state index contributed by atoms with van der Waals surface area (Å²) < 4.78 is 10.6. The molecule has 2 N–H and O–H groups in total. The standard InChI is InChI=1S/C60H114O6/c1-2-3-4-5-6-7-8-9-10-11-12-13-14-15-16-17-18-19-20-21-22-23-24-25-26-27-28-29-30-31-32-33-34-35-36-37-38-39-40-41-42-43-44-45-46-47-48-49-50-51-57-52-58(63)65-55-60(53-61,54-62)56-66-59(57)64/h39-40,57,61-62H,2-38,41-56H2,1H3/b40-39+. The number of hydrogen-bond acceptors (Lipinski definition) is 6. The molecule has 1 unspecified atom stereocenters. The quantitative estimate of drug-likeness (QED) is 0.0359. The van der Waals surface area contributed by atoms with Crippen molar-refractivity contribution in [3.05, 3.63) is 12.2 Å². The van der Waals surface area contributed by atoms with Gasteiger partial charge in [0.2, 0.25) is 0 Å². The predicted octanol–water partition coefficient (Wildman–Crippen LogP) is 18.4. The number of allylic oxidation sites excluding steroid dienone is 2. The van der Waals surface area contributed by atoms with Crippen LogP contribution in [0.25, 0.3) is 0 Å². The Morgan fingerprint density at radius 1 is 0.394 bits per heavy atom. The van der Waals surface area contributed by atoms with E-state index in [-0.39, 0.29) is 19.6 Å². The van der Waals surface area contributed by atoms with Gasteiger partial charge < -0.3 is 19.7 Å². The maximum atomic E-state index is 12.5. The molecule has 6 heteroatoms. The van der Waals surface area contributed by atoms with Crippen LogP contribution in [-0.2, 0) is 19.1 Å². The summed E-state index contributed by atoms with van der Waals surface area (Å²) in [7, 11) is 0. The smallest absolute Gasteiger partial charge is 0.309 e. The monoisotopic (exact) mass is 931 g/mol. The molecule has 0 amide bonds. The number of carbonyl (C=O) groups is 2. The second-order valence-electron chi connectivity index (χ2n) is 21.4. The van der Waals surface area contributed by atoms with E-state index in [1.54, 1.807) is 0 Å². The van der Waals surface area contributed by atoms with Crippen molar-refractivity contribution in [1.29, 1.82) is 0 Å². The van der Waals surface area contributed by atoms with Crippen LogP contribution >= 0.6 is 0 Å². The Labute approximate surface area is 411 Å². The molecule has 0 aromatic carbocycles. The highest BCUT2D eigenvalue weighted by Gasteiger charge is 2.36. The summed E-state index contributed by atoms with van der Waals surface area (Å²) in [6.07, 6.45) is 71.2. The first-order valence-electron chi connectivity index (χ1n) is 29.8. The van der Waals surface area contributed by atoms with Gasteiger partial charge in [0.15, 0.2) is 0 Å². The Morgan fingerprint density at radius 3 is 0.939 bits per heavy atom. The number of esters is 2. The van der Waals surface area contributed by atoms with E-state index in [1.165, 1.54) is 283 Å². The molecule has 0 radical (unpaired) electrons. The van der Waals surface area contributed by atoms with Gasteiger partial charge in [0.05, 0.1) is 31.0 Å². The van der Waals surface area contributed by atoms with E-state index in [1.807, 2.05) is 0 Å². The van der Waals surface area contributed by atoms with E-state index in [4.69, 9.17) is 9.47 Å². The van der Waals surface area contributed by atoms with Gasteiger partial charge in [-0.1, -0.05) is 295 Å². The maximum Gasteiger partial charge on any atom is 0.309 e. The highest BCUT2D eigenvalue weighted by Crippen LogP contribution is 2.25. The SMILES string of the molecule is CCCCCCCCCCCCCCCCCCCCCCCCCCCCCCCCCCCCCC/C=C/CCCCCCCCCCCC1CC(=O)OCC(CO)(CO)COC1=O. The Balaban J connectivity index is 1.70. The third-order valence-corrected chi connectivity index (χ3v) is 14.8. The lowest BCUT2D eigenvalue weighted by atomic mass is 9.92. The van der Waals surface area contributed by atoms with Crippen molar-refractivity contribution >= 4 is 11.9 Å². The largest absolute Gasteiger partial charge is 0.465 e. The van der Waals surface area contributed by atoms with Gasteiger partial charge in [0.25, 0.3) is 0 Å². The van der Waals surface area contributed by atoms with Gasteiger partial charge in [-0.25, -0.2) is 0 Å². The van der Waals surface area contributed by atoms with Gasteiger partial charge >= 0.3 is 11.9 Å². The highest BCUT2D eigenvalue weighted by atomic mass is 16.6. The van der Waals surface area contributed by atoms with Crippen LogP contribution < -0.4 is 0 Å². The first-order chi connectivity index (χ1) is 32.6. The normalized spacial score (nSPS) is 15.5. The molecule has 1 rings (SSSR count). The number of unbranched alkanes of at least 4 members (excludes halogenated alkanes) is 45. The molecule has 0 aromatic heterocycles. The number of rotatable bonds is 51. The van der Waals surface area contributed by atoms with Crippen molar-refractivity contribution in [3.8, 4) is 0 Å². The third-order valence-electron chi connectivity index (χ3n) is 14.8. The van der Waals surface area contributed by atoms with E-state index >= 15 is 0 Å². The van der Waals surface area contributed by atoms with Crippen LogP contribution in [-0.4, -0.2) is 48.6 Å². The molecule has 0 aromatic rings. The van der Waals surface area contributed by atoms with Crippen molar-refractivity contribution in [1.82, 2.24) is 0 Å². The number of carbonyl (C=O) groups excluding carboxylic acids is 2. The molecule has 1 aliphatic heterocycles. The van der Waals surface area contributed by atoms with Crippen LogP contribution in [0.1, 0.15) is 322 Å². The Kier molecular flexibility index (Phi) is 47.4. The van der Waals surface area contributed by atoms with Crippen LogP contribution in [0.2, 0.25) is 0 Å². The topological polar surface area (TPSA) is 93.1 Å². The van der Waals surface area contributed by atoms with Crippen molar-refractivity contribution in [3.63, 3.8) is 0 Å². The molecule has 6 nitrogen and oxygen atoms in total. The summed E-state index contributed by atoms with van der Waals surface area (Å²) in [5.41, 5.74) is -1.13. The minimum Gasteiger partial charge on any atom is -0.465 e. The van der Waals surface area contributed by atoms with Gasteiger partial charge in [-0.3, -0.25) is 9.59 Å².